The number of hydrogen-bond acceptors (Lipinski definition) is 3. The highest BCUT2D eigenvalue weighted by molar-refractivity contribution is 5.46. The molecule has 2 N–H and O–H groups in total. The summed E-state index contributed by atoms with van der Waals surface area (Å²) in [6, 6.07) is 5.57. The maximum absolute atomic E-state index is 12.9. The Morgan fingerprint density at radius 2 is 2.18 bits per heavy atom. The third-order valence-corrected chi connectivity index (χ3v) is 2.46. The Morgan fingerprint density at radius 3 is 2.82 bits per heavy atom. The summed E-state index contributed by atoms with van der Waals surface area (Å²) >= 11 is 0. The van der Waals surface area contributed by atoms with E-state index in [4.69, 9.17) is 5.73 Å². The molecule has 0 amide bonds. The Hall–Kier alpha value is -2.17. The standard InChI is InChI=1S/C12H12FN3O/c1-8-4-12(17)16(7-15-8)6-9-2-3-10(13)5-11(9)14/h2-5,7H,6,14H2,1H3. The van der Waals surface area contributed by atoms with Crippen molar-refractivity contribution in [3.63, 3.8) is 0 Å². The lowest BCUT2D eigenvalue weighted by Crippen LogP contribution is -2.21. The summed E-state index contributed by atoms with van der Waals surface area (Å²) < 4.78 is 14.3. The predicted octanol–water partition coefficient (Wildman–Crippen LogP) is 1.32. The molecule has 2 rings (SSSR count). The second-order valence-electron chi connectivity index (χ2n) is 3.84. The van der Waals surface area contributed by atoms with Gasteiger partial charge < -0.3 is 5.73 Å². The summed E-state index contributed by atoms with van der Waals surface area (Å²) in [6.07, 6.45) is 1.46. The summed E-state index contributed by atoms with van der Waals surface area (Å²) in [4.78, 5) is 15.7. The van der Waals surface area contributed by atoms with E-state index in [0.29, 0.717) is 16.9 Å². The third kappa shape index (κ3) is 2.50. The van der Waals surface area contributed by atoms with Crippen LogP contribution in [0.15, 0.2) is 35.4 Å². The van der Waals surface area contributed by atoms with Gasteiger partial charge in [-0.25, -0.2) is 9.37 Å². The summed E-state index contributed by atoms with van der Waals surface area (Å²) in [7, 11) is 0. The fourth-order valence-electron chi connectivity index (χ4n) is 1.53. The predicted molar refractivity (Wildman–Crippen MR) is 63.1 cm³/mol. The van der Waals surface area contributed by atoms with Gasteiger partial charge in [-0.15, -0.1) is 0 Å². The van der Waals surface area contributed by atoms with Crippen molar-refractivity contribution in [2.75, 3.05) is 5.73 Å². The zero-order chi connectivity index (χ0) is 12.4. The molecule has 0 bridgehead atoms. The zero-order valence-corrected chi connectivity index (χ0v) is 9.35. The van der Waals surface area contributed by atoms with E-state index >= 15 is 0 Å². The topological polar surface area (TPSA) is 60.9 Å². The Balaban J connectivity index is 2.35. The Labute approximate surface area is 97.5 Å². The molecule has 4 nitrogen and oxygen atoms in total. The largest absolute Gasteiger partial charge is 0.398 e. The van der Waals surface area contributed by atoms with Gasteiger partial charge in [-0.1, -0.05) is 6.07 Å². The van der Waals surface area contributed by atoms with E-state index in [9.17, 15) is 9.18 Å². The van der Waals surface area contributed by atoms with Gasteiger partial charge in [0, 0.05) is 17.4 Å². The van der Waals surface area contributed by atoms with Crippen molar-refractivity contribution in [2.45, 2.75) is 13.5 Å². The van der Waals surface area contributed by atoms with Gasteiger partial charge in [-0.2, -0.15) is 0 Å². The summed E-state index contributed by atoms with van der Waals surface area (Å²) in [5, 5.41) is 0. The van der Waals surface area contributed by atoms with Crippen LogP contribution in [0, 0.1) is 12.7 Å². The average Bonchev–Trinajstić information content (AvgIpc) is 2.25. The number of aromatic nitrogens is 2. The van der Waals surface area contributed by atoms with Gasteiger partial charge in [0.1, 0.15) is 5.82 Å². The van der Waals surface area contributed by atoms with E-state index in [2.05, 4.69) is 4.98 Å². The molecule has 2 aromatic rings. The molecule has 0 saturated carbocycles. The van der Waals surface area contributed by atoms with Gasteiger partial charge in [0.05, 0.1) is 12.9 Å². The lowest BCUT2D eigenvalue weighted by Gasteiger charge is -2.08. The Kier molecular flexibility index (Phi) is 2.91. The second-order valence-corrected chi connectivity index (χ2v) is 3.84. The van der Waals surface area contributed by atoms with Crippen LogP contribution in [0.2, 0.25) is 0 Å². The molecule has 1 aromatic carbocycles. The highest BCUT2D eigenvalue weighted by Gasteiger charge is 2.03. The molecule has 0 spiro atoms. The molecule has 17 heavy (non-hydrogen) atoms. The van der Waals surface area contributed by atoms with E-state index in [1.165, 1.54) is 29.1 Å². The maximum atomic E-state index is 12.9. The number of aryl methyl sites for hydroxylation is 1. The van der Waals surface area contributed by atoms with Crippen LogP contribution in [0.5, 0.6) is 0 Å². The van der Waals surface area contributed by atoms with Crippen LogP contribution in [0.1, 0.15) is 11.3 Å². The van der Waals surface area contributed by atoms with Gasteiger partial charge in [0.2, 0.25) is 0 Å². The third-order valence-electron chi connectivity index (χ3n) is 2.46. The minimum Gasteiger partial charge on any atom is -0.398 e. The quantitative estimate of drug-likeness (QED) is 0.796. The van der Waals surface area contributed by atoms with Crippen molar-refractivity contribution in [1.82, 2.24) is 9.55 Å². The van der Waals surface area contributed by atoms with Crippen LogP contribution in [-0.2, 0) is 6.54 Å². The number of nitrogen functional groups attached to an aromatic ring is 1. The van der Waals surface area contributed by atoms with Gasteiger partial charge >= 0.3 is 0 Å². The van der Waals surface area contributed by atoms with E-state index in [-0.39, 0.29) is 17.9 Å². The lowest BCUT2D eigenvalue weighted by molar-refractivity contribution is 0.626. The van der Waals surface area contributed by atoms with Crippen LogP contribution in [0.3, 0.4) is 0 Å². The molecule has 0 aliphatic heterocycles. The Bertz CT molecular complexity index is 607. The summed E-state index contributed by atoms with van der Waals surface area (Å²) in [6.45, 7) is 2.04. The monoisotopic (exact) mass is 233 g/mol. The maximum Gasteiger partial charge on any atom is 0.253 e. The average molecular weight is 233 g/mol. The highest BCUT2D eigenvalue weighted by atomic mass is 19.1. The minimum absolute atomic E-state index is 0.152. The molecular formula is C12H12FN3O. The number of rotatable bonds is 2. The van der Waals surface area contributed by atoms with Crippen molar-refractivity contribution in [1.29, 1.82) is 0 Å². The van der Waals surface area contributed by atoms with E-state index in [0.717, 1.165) is 0 Å². The van der Waals surface area contributed by atoms with E-state index in [1.54, 1.807) is 13.0 Å². The summed E-state index contributed by atoms with van der Waals surface area (Å²) in [5.74, 6) is -0.388. The lowest BCUT2D eigenvalue weighted by atomic mass is 10.2. The van der Waals surface area contributed by atoms with Crippen molar-refractivity contribution < 1.29 is 4.39 Å². The first-order valence-corrected chi connectivity index (χ1v) is 5.13. The fraction of sp³-hybridized carbons (Fsp3) is 0.167. The number of anilines is 1. The van der Waals surface area contributed by atoms with Crippen LogP contribution in [0.4, 0.5) is 10.1 Å². The van der Waals surface area contributed by atoms with Crippen molar-refractivity contribution >= 4 is 5.69 Å². The molecule has 0 aliphatic carbocycles. The first kappa shape index (κ1) is 11.3. The van der Waals surface area contributed by atoms with Crippen LogP contribution in [0.25, 0.3) is 0 Å². The smallest absolute Gasteiger partial charge is 0.253 e. The number of hydrogen-bond donors (Lipinski definition) is 1. The molecule has 1 aromatic heterocycles. The first-order valence-electron chi connectivity index (χ1n) is 5.13. The molecule has 0 unspecified atom stereocenters. The zero-order valence-electron chi connectivity index (χ0n) is 9.35. The minimum atomic E-state index is -0.388. The van der Waals surface area contributed by atoms with Crippen LogP contribution in [-0.4, -0.2) is 9.55 Å². The van der Waals surface area contributed by atoms with E-state index in [1.807, 2.05) is 0 Å². The van der Waals surface area contributed by atoms with Crippen molar-refractivity contribution in [2.24, 2.45) is 0 Å². The molecule has 0 atom stereocenters. The van der Waals surface area contributed by atoms with Gasteiger partial charge in [-0.05, 0) is 24.6 Å². The SMILES string of the molecule is Cc1cc(=O)n(Cc2ccc(F)cc2N)cn1. The summed E-state index contributed by atoms with van der Waals surface area (Å²) in [5.41, 5.74) is 7.21. The molecule has 0 saturated heterocycles. The normalized spacial score (nSPS) is 10.5. The van der Waals surface area contributed by atoms with Gasteiger partial charge in [-0.3, -0.25) is 9.36 Å². The molecule has 5 heteroatoms. The van der Waals surface area contributed by atoms with Crippen molar-refractivity contribution in [3.05, 3.63) is 58.0 Å². The molecular weight excluding hydrogens is 221 g/mol. The number of nitrogens with zero attached hydrogens (tertiary/aromatic N) is 2. The van der Waals surface area contributed by atoms with Crippen LogP contribution < -0.4 is 11.3 Å². The molecule has 1 heterocycles. The van der Waals surface area contributed by atoms with E-state index < -0.39 is 0 Å². The number of halogens is 1. The molecule has 0 aliphatic rings. The fourth-order valence-corrected chi connectivity index (χ4v) is 1.53. The molecule has 88 valence electrons. The Morgan fingerprint density at radius 1 is 1.41 bits per heavy atom. The second kappa shape index (κ2) is 4.37. The first-order chi connectivity index (χ1) is 8.06. The van der Waals surface area contributed by atoms with Gasteiger partial charge in [0.25, 0.3) is 5.56 Å². The van der Waals surface area contributed by atoms with Crippen molar-refractivity contribution in [3.8, 4) is 0 Å². The number of nitrogens with two attached hydrogens (primary N) is 1. The molecule has 0 radical (unpaired) electrons. The van der Waals surface area contributed by atoms with Gasteiger partial charge in [0.15, 0.2) is 0 Å². The molecule has 0 fully saturated rings. The number of benzene rings is 1. The highest BCUT2D eigenvalue weighted by Crippen LogP contribution is 2.13. The van der Waals surface area contributed by atoms with Crippen LogP contribution >= 0.6 is 0 Å².